The highest BCUT2D eigenvalue weighted by atomic mass is 19.4. The average molecular weight is 389 g/mol. The summed E-state index contributed by atoms with van der Waals surface area (Å²) in [6, 6.07) is 9.91. The monoisotopic (exact) mass is 389 g/mol. The molecule has 0 bridgehead atoms. The van der Waals surface area contributed by atoms with Gasteiger partial charge >= 0.3 is 6.18 Å². The van der Waals surface area contributed by atoms with Gasteiger partial charge in [0.15, 0.2) is 17.3 Å². The van der Waals surface area contributed by atoms with Crippen LogP contribution in [0.2, 0.25) is 0 Å². The average Bonchev–Trinajstić information content (AvgIpc) is 3.14. The molecule has 144 valence electrons. The van der Waals surface area contributed by atoms with Crippen molar-refractivity contribution in [3.63, 3.8) is 0 Å². The SMILES string of the molecule is O=c1c(NCc2ccc3c(c2)OCO3)nccn1-c1cccc(C(F)(F)F)c1. The van der Waals surface area contributed by atoms with E-state index in [0.29, 0.717) is 11.5 Å². The molecular weight excluding hydrogens is 375 g/mol. The number of halogens is 3. The van der Waals surface area contributed by atoms with Crippen LogP contribution in [-0.2, 0) is 12.7 Å². The van der Waals surface area contributed by atoms with Gasteiger partial charge in [0.05, 0.1) is 5.56 Å². The van der Waals surface area contributed by atoms with E-state index in [9.17, 15) is 18.0 Å². The number of ether oxygens (including phenoxy) is 2. The van der Waals surface area contributed by atoms with Crippen LogP contribution in [0.25, 0.3) is 5.69 Å². The van der Waals surface area contributed by atoms with Crippen LogP contribution < -0.4 is 20.3 Å². The summed E-state index contributed by atoms with van der Waals surface area (Å²) in [5.41, 5.74) is -0.445. The Kier molecular flexibility index (Phi) is 4.42. The molecule has 0 amide bonds. The molecular formula is C19H14F3N3O3. The van der Waals surface area contributed by atoms with Crippen molar-refractivity contribution in [2.24, 2.45) is 0 Å². The Morgan fingerprint density at radius 3 is 2.75 bits per heavy atom. The maximum Gasteiger partial charge on any atom is 0.416 e. The Hall–Kier alpha value is -3.49. The summed E-state index contributed by atoms with van der Waals surface area (Å²) in [6.07, 6.45) is -1.82. The Labute approximate surface area is 157 Å². The summed E-state index contributed by atoms with van der Waals surface area (Å²) in [4.78, 5) is 16.7. The lowest BCUT2D eigenvalue weighted by Crippen LogP contribution is -2.23. The van der Waals surface area contributed by atoms with E-state index < -0.39 is 17.3 Å². The van der Waals surface area contributed by atoms with E-state index in [1.807, 2.05) is 6.07 Å². The minimum Gasteiger partial charge on any atom is -0.454 e. The first kappa shape index (κ1) is 17.9. The third kappa shape index (κ3) is 3.51. The first-order valence-corrected chi connectivity index (χ1v) is 8.29. The maximum absolute atomic E-state index is 12.9. The van der Waals surface area contributed by atoms with Crippen molar-refractivity contribution in [3.05, 3.63) is 76.3 Å². The second-order valence-electron chi connectivity index (χ2n) is 6.04. The molecule has 4 rings (SSSR count). The van der Waals surface area contributed by atoms with E-state index in [2.05, 4.69) is 10.3 Å². The number of fused-ring (bicyclic) bond motifs is 1. The number of rotatable bonds is 4. The maximum atomic E-state index is 12.9. The van der Waals surface area contributed by atoms with Crippen molar-refractivity contribution in [3.8, 4) is 17.2 Å². The summed E-state index contributed by atoms with van der Waals surface area (Å²) in [5.74, 6) is 1.28. The van der Waals surface area contributed by atoms with Gasteiger partial charge in [0, 0.05) is 24.6 Å². The highest BCUT2D eigenvalue weighted by Gasteiger charge is 2.30. The molecule has 6 nitrogen and oxygen atoms in total. The molecule has 1 aliphatic rings. The van der Waals surface area contributed by atoms with Crippen molar-refractivity contribution in [2.45, 2.75) is 12.7 Å². The summed E-state index contributed by atoms with van der Waals surface area (Å²) in [5, 5.41) is 2.91. The van der Waals surface area contributed by atoms with Crippen molar-refractivity contribution in [1.29, 1.82) is 0 Å². The minimum absolute atomic E-state index is 0.0255. The molecule has 1 aliphatic heterocycles. The predicted molar refractivity (Wildman–Crippen MR) is 94.7 cm³/mol. The first-order valence-electron chi connectivity index (χ1n) is 8.29. The summed E-state index contributed by atoms with van der Waals surface area (Å²) < 4.78 is 50.5. The van der Waals surface area contributed by atoms with E-state index in [1.165, 1.54) is 24.5 Å². The van der Waals surface area contributed by atoms with Gasteiger partial charge in [-0.1, -0.05) is 12.1 Å². The quantitative estimate of drug-likeness (QED) is 0.739. The van der Waals surface area contributed by atoms with Crippen molar-refractivity contribution in [1.82, 2.24) is 9.55 Å². The van der Waals surface area contributed by atoms with Crippen LogP contribution in [0.1, 0.15) is 11.1 Å². The van der Waals surface area contributed by atoms with Gasteiger partial charge in [0.25, 0.3) is 5.56 Å². The van der Waals surface area contributed by atoms with Crippen molar-refractivity contribution < 1.29 is 22.6 Å². The second-order valence-corrected chi connectivity index (χ2v) is 6.04. The smallest absolute Gasteiger partial charge is 0.416 e. The fourth-order valence-corrected chi connectivity index (χ4v) is 2.80. The third-order valence-electron chi connectivity index (χ3n) is 4.19. The van der Waals surface area contributed by atoms with Crippen LogP contribution >= 0.6 is 0 Å². The first-order chi connectivity index (χ1) is 13.4. The lowest BCUT2D eigenvalue weighted by atomic mass is 10.2. The Balaban J connectivity index is 1.58. The summed E-state index contributed by atoms with van der Waals surface area (Å²) in [6.45, 7) is 0.444. The number of hydrogen-bond donors (Lipinski definition) is 1. The molecule has 0 radical (unpaired) electrons. The van der Waals surface area contributed by atoms with Crippen LogP contribution in [0, 0.1) is 0 Å². The van der Waals surface area contributed by atoms with E-state index in [0.717, 1.165) is 22.3 Å². The molecule has 0 atom stereocenters. The topological polar surface area (TPSA) is 65.4 Å². The normalized spacial score (nSPS) is 12.8. The molecule has 0 unspecified atom stereocenters. The molecule has 2 heterocycles. The molecule has 0 saturated carbocycles. The highest BCUT2D eigenvalue weighted by Crippen LogP contribution is 2.32. The zero-order valence-corrected chi connectivity index (χ0v) is 14.4. The van der Waals surface area contributed by atoms with Crippen molar-refractivity contribution in [2.75, 3.05) is 12.1 Å². The number of benzene rings is 2. The van der Waals surface area contributed by atoms with Gasteiger partial charge in [0.2, 0.25) is 6.79 Å². The molecule has 0 saturated heterocycles. The van der Waals surface area contributed by atoms with E-state index >= 15 is 0 Å². The predicted octanol–water partition coefficient (Wildman–Crippen LogP) is 3.59. The number of anilines is 1. The molecule has 1 aromatic heterocycles. The molecule has 0 fully saturated rings. The number of alkyl halides is 3. The van der Waals surface area contributed by atoms with E-state index in [4.69, 9.17) is 9.47 Å². The Bertz CT molecular complexity index is 1080. The molecule has 1 N–H and O–H groups in total. The number of nitrogens with one attached hydrogen (secondary N) is 1. The third-order valence-corrected chi connectivity index (χ3v) is 4.19. The molecule has 9 heteroatoms. The van der Waals surface area contributed by atoms with Crippen LogP contribution in [-0.4, -0.2) is 16.3 Å². The van der Waals surface area contributed by atoms with Gasteiger partial charge in [-0.05, 0) is 35.9 Å². The molecule has 3 aromatic rings. The zero-order chi connectivity index (χ0) is 19.7. The highest BCUT2D eigenvalue weighted by molar-refractivity contribution is 5.46. The fourth-order valence-electron chi connectivity index (χ4n) is 2.80. The van der Waals surface area contributed by atoms with Crippen LogP contribution in [0.3, 0.4) is 0 Å². The van der Waals surface area contributed by atoms with Crippen LogP contribution in [0.5, 0.6) is 11.5 Å². The van der Waals surface area contributed by atoms with Crippen LogP contribution in [0.15, 0.2) is 59.7 Å². The summed E-state index contributed by atoms with van der Waals surface area (Å²) in [7, 11) is 0. The molecule has 0 aliphatic carbocycles. The lowest BCUT2D eigenvalue weighted by Gasteiger charge is -2.12. The zero-order valence-electron chi connectivity index (χ0n) is 14.4. The van der Waals surface area contributed by atoms with Gasteiger partial charge in [0.1, 0.15) is 0 Å². The van der Waals surface area contributed by atoms with Gasteiger partial charge in [-0.25, -0.2) is 4.98 Å². The van der Waals surface area contributed by atoms with E-state index in [-0.39, 0.29) is 24.8 Å². The minimum atomic E-state index is -4.49. The van der Waals surface area contributed by atoms with Gasteiger partial charge in [-0.2, -0.15) is 13.2 Å². The number of aromatic nitrogens is 2. The fraction of sp³-hybridized carbons (Fsp3) is 0.158. The largest absolute Gasteiger partial charge is 0.454 e. The molecule has 0 spiro atoms. The van der Waals surface area contributed by atoms with Crippen molar-refractivity contribution >= 4 is 5.82 Å². The van der Waals surface area contributed by atoms with Gasteiger partial charge in [-0.3, -0.25) is 9.36 Å². The number of hydrogen-bond acceptors (Lipinski definition) is 5. The molecule has 2 aromatic carbocycles. The second kappa shape index (κ2) is 6.91. The lowest BCUT2D eigenvalue weighted by molar-refractivity contribution is -0.137. The Morgan fingerprint density at radius 1 is 1.11 bits per heavy atom. The van der Waals surface area contributed by atoms with Crippen LogP contribution in [0.4, 0.5) is 19.0 Å². The Morgan fingerprint density at radius 2 is 1.93 bits per heavy atom. The van der Waals surface area contributed by atoms with E-state index in [1.54, 1.807) is 12.1 Å². The van der Waals surface area contributed by atoms with Gasteiger partial charge in [-0.15, -0.1) is 0 Å². The molecule has 28 heavy (non-hydrogen) atoms. The number of nitrogens with zero attached hydrogens (tertiary/aromatic N) is 2. The van der Waals surface area contributed by atoms with Gasteiger partial charge < -0.3 is 14.8 Å². The summed E-state index contributed by atoms with van der Waals surface area (Å²) >= 11 is 0. The standard InChI is InChI=1S/C19H14F3N3O3/c20-19(21,22)13-2-1-3-14(9-13)25-7-6-23-17(18(25)26)24-10-12-4-5-15-16(8-12)28-11-27-15/h1-9H,10-11H2,(H,23,24).